The van der Waals surface area contributed by atoms with Crippen LogP contribution in [0.25, 0.3) is 0 Å². The van der Waals surface area contributed by atoms with Crippen molar-refractivity contribution in [1.82, 2.24) is 9.62 Å². The molecule has 2 aliphatic rings. The molecule has 2 aliphatic heterocycles. The summed E-state index contributed by atoms with van der Waals surface area (Å²) in [6, 6.07) is 15.3. The van der Waals surface area contributed by atoms with Gasteiger partial charge in [-0.25, -0.2) is 8.42 Å². The number of methoxy groups -OCH3 is 1. The summed E-state index contributed by atoms with van der Waals surface area (Å²) < 4.78 is 33.3. The molecule has 2 aromatic rings. The van der Waals surface area contributed by atoms with E-state index in [1.165, 1.54) is 5.56 Å². The molecule has 2 N–H and O–H groups in total. The Bertz CT molecular complexity index is 904. The summed E-state index contributed by atoms with van der Waals surface area (Å²) in [5.74, 6) is 0.870. The van der Waals surface area contributed by atoms with E-state index in [1.807, 2.05) is 24.3 Å². The van der Waals surface area contributed by atoms with E-state index in [0.29, 0.717) is 10.6 Å². The summed E-state index contributed by atoms with van der Waals surface area (Å²) in [6.07, 6.45) is 2.45. The summed E-state index contributed by atoms with van der Waals surface area (Å²) >= 11 is 0. The number of rotatable bonds is 4. The molecule has 1 saturated heterocycles. The summed E-state index contributed by atoms with van der Waals surface area (Å²) in [4.78, 5) is 2.73. The van der Waals surface area contributed by atoms with E-state index >= 15 is 0 Å². The van der Waals surface area contributed by atoms with Crippen LogP contribution in [0.1, 0.15) is 18.4 Å². The summed E-state index contributed by atoms with van der Waals surface area (Å²) in [7, 11) is -1.80. The second kappa shape index (κ2) is 7.14. The molecule has 27 heavy (non-hydrogen) atoms. The molecule has 7 heteroatoms. The first-order chi connectivity index (χ1) is 13.0. The lowest BCUT2D eigenvalue weighted by Gasteiger charge is -2.45. The summed E-state index contributed by atoms with van der Waals surface area (Å²) in [5.41, 5.74) is 1.40. The number of sulfonamides is 1. The Morgan fingerprint density at radius 3 is 2.48 bits per heavy atom. The number of nitrogens with one attached hydrogen (secondary N) is 2. The lowest BCUT2D eigenvalue weighted by molar-refractivity contribution is 0.166. The van der Waals surface area contributed by atoms with E-state index in [1.54, 1.807) is 19.2 Å². The Balaban J connectivity index is 1.37. The molecular weight excluding hydrogens is 362 g/mol. The molecule has 0 radical (unpaired) electrons. The van der Waals surface area contributed by atoms with Crippen molar-refractivity contribution in [1.29, 1.82) is 0 Å². The number of ether oxygens (including phenoxy) is 1. The number of nitrogens with zero attached hydrogens (tertiary/aromatic N) is 1. The highest BCUT2D eigenvalue weighted by atomic mass is 32.2. The van der Waals surface area contributed by atoms with Crippen molar-refractivity contribution in [3.63, 3.8) is 0 Å². The van der Waals surface area contributed by atoms with Crippen LogP contribution in [0, 0.1) is 0 Å². The monoisotopic (exact) mass is 387 g/mol. The Morgan fingerprint density at radius 2 is 1.78 bits per heavy atom. The number of para-hydroxylation sites is 1. The van der Waals surface area contributed by atoms with Gasteiger partial charge in [0, 0.05) is 19.6 Å². The van der Waals surface area contributed by atoms with Gasteiger partial charge in [-0.05, 0) is 49.1 Å². The highest BCUT2D eigenvalue weighted by molar-refractivity contribution is 7.89. The molecule has 2 heterocycles. The topological polar surface area (TPSA) is 70.7 Å². The molecule has 0 amide bonds. The van der Waals surface area contributed by atoms with Crippen molar-refractivity contribution in [2.45, 2.75) is 29.8 Å². The molecule has 0 unspecified atom stereocenters. The number of piperidine rings is 1. The quantitative estimate of drug-likeness (QED) is 0.843. The minimum atomic E-state index is -3.47. The van der Waals surface area contributed by atoms with E-state index < -0.39 is 15.7 Å². The second-order valence-corrected chi connectivity index (χ2v) is 8.90. The van der Waals surface area contributed by atoms with Crippen LogP contribution in [0.5, 0.6) is 5.75 Å². The highest BCUT2D eigenvalue weighted by Crippen LogP contribution is 2.34. The number of hydrogen-bond donors (Lipinski definition) is 2. The number of fused-ring (bicyclic) bond motifs is 1. The molecule has 0 saturated carbocycles. The Hall–Kier alpha value is -2.09. The molecule has 0 aliphatic carbocycles. The van der Waals surface area contributed by atoms with Crippen molar-refractivity contribution in [3.05, 3.63) is 54.1 Å². The molecular formula is C20H25N3O3S. The molecule has 0 aromatic heterocycles. The Morgan fingerprint density at radius 1 is 1.07 bits per heavy atom. The second-order valence-electron chi connectivity index (χ2n) is 7.25. The summed E-state index contributed by atoms with van der Waals surface area (Å²) in [6.45, 7) is 2.67. The van der Waals surface area contributed by atoms with Gasteiger partial charge in [0.1, 0.15) is 16.3 Å². The van der Waals surface area contributed by atoms with Gasteiger partial charge in [0.2, 0.25) is 10.0 Å². The van der Waals surface area contributed by atoms with E-state index in [-0.39, 0.29) is 0 Å². The van der Waals surface area contributed by atoms with Gasteiger partial charge in [-0.15, -0.1) is 0 Å². The van der Waals surface area contributed by atoms with Gasteiger partial charge < -0.3 is 15.0 Å². The van der Waals surface area contributed by atoms with E-state index in [9.17, 15) is 8.42 Å². The predicted molar refractivity (Wildman–Crippen MR) is 105 cm³/mol. The molecule has 6 nitrogen and oxygen atoms in total. The SMILES string of the molecule is COc1ccc(CCN2CCC3(CC2)Nc2ccccc2S(=O)(=O)N3)cc1. The van der Waals surface area contributed by atoms with Crippen LogP contribution in [-0.4, -0.2) is 45.7 Å². The maximum atomic E-state index is 12.6. The molecule has 0 atom stereocenters. The van der Waals surface area contributed by atoms with Crippen LogP contribution in [-0.2, 0) is 16.4 Å². The minimum Gasteiger partial charge on any atom is -0.497 e. The first kappa shape index (κ1) is 18.3. The highest BCUT2D eigenvalue weighted by Gasteiger charge is 2.42. The summed E-state index contributed by atoms with van der Waals surface area (Å²) in [5, 5.41) is 3.44. The third-order valence-corrected chi connectivity index (χ3v) is 7.06. The van der Waals surface area contributed by atoms with Gasteiger partial charge in [0.25, 0.3) is 0 Å². The lowest BCUT2D eigenvalue weighted by Crippen LogP contribution is -2.62. The first-order valence-corrected chi connectivity index (χ1v) is 10.7. The van der Waals surface area contributed by atoms with Gasteiger partial charge >= 0.3 is 0 Å². The van der Waals surface area contributed by atoms with Gasteiger partial charge in [-0.2, -0.15) is 4.72 Å². The van der Waals surface area contributed by atoms with Crippen LogP contribution in [0.3, 0.4) is 0 Å². The maximum absolute atomic E-state index is 12.6. The van der Waals surface area contributed by atoms with Gasteiger partial charge in [0.15, 0.2) is 0 Å². The normalized spacial score (nSPS) is 20.6. The smallest absolute Gasteiger partial charge is 0.244 e. The van der Waals surface area contributed by atoms with Crippen molar-refractivity contribution in [2.75, 3.05) is 32.1 Å². The van der Waals surface area contributed by atoms with Crippen LogP contribution >= 0.6 is 0 Å². The molecule has 1 spiro atoms. The third kappa shape index (κ3) is 3.81. The molecule has 144 valence electrons. The lowest BCUT2D eigenvalue weighted by atomic mass is 9.96. The fourth-order valence-electron chi connectivity index (χ4n) is 3.86. The average molecular weight is 388 g/mol. The van der Waals surface area contributed by atoms with E-state index in [0.717, 1.165) is 44.6 Å². The maximum Gasteiger partial charge on any atom is 0.244 e. The van der Waals surface area contributed by atoms with Gasteiger partial charge in [-0.1, -0.05) is 24.3 Å². The largest absolute Gasteiger partial charge is 0.497 e. The van der Waals surface area contributed by atoms with Crippen LogP contribution in [0.15, 0.2) is 53.4 Å². The molecule has 4 rings (SSSR count). The van der Waals surface area contributed by atoms with Crippen LogP contribution < -0.4 is 14.8 Å². The van der Waals surface area contributed by atoms with Crippen molar-refractivity contribution >= 4 is 15.7 Å². The van der Waals surface area contributed by atoms with Crippen molar-refractivity contribution < 1.29 is 13.2 Å². The van der Waals surface area contributed by atoms with E-state index in [2.05, 4.69) is 27.1 Å². The average Bonchev–Trinajstić information content (AvgIpc) is 2.67. The Kier molecular flexibility index (Phi) is 4.84. The fraction of sp³-hybridized carbons (Fsp3) is 0.400. The Labute approximate surface area is 160 Å². The predicted octanol–water partition coefficient (Wildman–Crippen LogP) is 2.43. The minimum absolute atomic E-state index is 0.331. The zero-order valence-electron chi connectivity index (χ0n) is 15.4. The number of benzene rings is 2. The fourth-order valence-corrected chi connectivity index (χ4v) is 5.41. The van der Waals surface area contributed by atoms with Gasteiger partial charge in [0.05, 0.1) is 12.8 Å². The van der Waals surface area contributed by atoms with Crippen molar-refractivity contribution in [2.24, 2.45) is 0 Å². The zero-order valence-corrected chi connectivity index (χ0v) is 16.3. The standard InChI is InChI=1S/C20H25N3O3S/c1-26-17-8-6-16(7-9-17)10-13-23-14-11-20(12-15-23)21-18-4-2-3-5-19(18)27(24,25)22-20/h2-9,21-22H,10-15H2,1H3. The van der Waals surface area contributed by atoms with E-state index in [4.69, 9.17) is 4.74 Å². The van der Waals surface area contributed by atoms with Crippen LogP contribution in [0.4, 0.5) is 5.69 Å². The molecule has 1 fully saturated rings. The number of likely N-dealkylation sites (tertiary alicyclic amines) is 1. The van der Waals surface area contributed by atoms with Gasteiger partial charge in [-0.3, -0.25) is 0 Å². The zero-order chi connectivity index (χ0) is 18.9. The first-order valence-electron chi connectivity index (χ1n) is 9.26. The number of hydrogen-bond acceptors (Lipinski definition) is 5. The third-order valence-electron chi connectivity index (χ3n) is 5.47. The molecule has 0 bridgehead atoms. The molecule has 2 aromatic carbocycles. The number of anilines is 1. The van der Waals surface area contributed by atoms with Crippen molar-refractivity contribution in [3.8, 4) is 5.75 Å². The van der Waals surface area contributed by atoms with Crippen LogP contribution in [0.2, 0.25) is 0 Å².